The van der Waals surface area contributed by atoms with Gasteiger partial charge in [-0.15, -0.1) is 0 Å². The van der Waals surface area contributed by atoms with E-state index in [1.165, 1.54) is 0 Å². The molecule has 0 saturated heterocycles. The van der Waals surface area contributed by atoms with Gasteiger partial charge in [0, 0.05) is 32.4 Å². The molecule has 0 aliphatic rings. The molecule has 0 radical (unpaired) electrons. The predicted octanol–water partition coefficient (Wildman–Crippen LogP) is 2.26. The summed E-state index contributed by atoms with van der Waals surface area (Å²) in [5, 5.41) is 6.17. The van der Waals surface area contributed by atoms with Gasteiger partial charge in [0.1, 0.15) is 0 Å². The smallest absolute Gasteiger partial charge is 0.225 e. The molecule has 1 rings (SSSR count). The van der Waals surface area contributed by atoms with E-state index < -0.39 is 0 Å². The molecule has 2 N–H and O–H groups in total. The molecule has 0 saturated carbocycles. The highest BCUT2D eigenvalue weighted by Gasteiger charge is 2.04. The number of nitrogens with one attached hydrogen (secondary N) is 2. The molecule has 0 spiro atoms. The number of hydrogen-bond donors (Lipinski definition) is 2. The minimum atomic E-state index is 0.0490. The first-order valence-electron chi connectivity index (χ1n) is 6.70. The van der Waals surface area contributed by atoms with E-state index in [4.69, 9.17) is 4.74 Å². The first-order valence-corrected chi connectivity index (χ1v) is 6.70. The number of rotatable bonds is 8. The molecule has 0 bridgehead atoms. The van der Waals surface area contributed by atoms with E-state index in [0.717, 1.165) is 36.4 Å². The van der Waals surface area contributed by atoms with Crippen LogP contribution in [0.1, 0.15) is 24.0 Å². The van der Waals surface area contributed by atoms with Gasteiger partial charge in [0.05, 0.1) is 0 Å². The molecule has 106 valence electrons. The van der Waals surface area contributed by atoms with E-state index in [2.05, 4.69) is 10.6 Å². The van der Waals surface area contributed by atoms with Gasteiger partial charge in [-0.25, -0.2) is 0 Å². The number of carbonyl (C=O) groups is 1. The van der Waals surface area contributed by atoms with Crippen molar-refractivity contribution in [1.82, 2.24) is 5.32 Å². The van der Waals surface area contributed by atoms with Gasteiger partial charge >= 0.3 is 0 Å². The monoisotopic (exact) mass is 264 g/mol. The van der Waals surface area contributed by atoms with Crippen molar-refractivity contribution in [3.63, 3.8) is 0 Å². The Kier molecular flexibility index (Phi) is 7.15. The molecule has 0 fully saturated rings. The molecule has 0 unspecified atom stereocenters. The number of benzene rings is 1. The topological polar surface area (TPSA) is 50.4 Å². The maximum atomic E-state index is 11.8. The Balaban J connectivity index is 2.25. The summed E-state index contributed by atoms with van der Waals surface area (Å²) in [6.45, 7) is 6.34. The van der Waals surface area contributed by atoms with Crippen LogP contribution in [0.4, 0.5) is 5.69 Å². The molecular weight excluding hydrogens is 240 g/mol. The highest BCUT2D eigenvalue weighted by atomic mass is 16.5. The number of carbonyl (C=O) groups excluding carboxylic acids is 1. The Labute approximate surface area is 115 Å². The zero-order chi connectivity index (χ0) is 14.1. The van der Waals surface area contributed by atoms with Crippen LogP contribution in [-0.2, 0) is 9.53 Å². The lowest BCUT2D eigenvalue weighted by Crippen LogP contribution is -2.23. The molecular formula is C15H24N2O2. The Morgan fingerprint density at radius 2 is 2.05 bits per heavy atom. The summed E-state index contributed by atoms with van der Waals surface area (Å²) in [5.74, 6) is 0.0490. The fraction of sp³-hybridized carbons (Fsp3) is 0.533. The molecule has 0 aliphatic carbocycles. The minimum Gasteiger partial charge on any atom is -0.385 e. The number of methoxy groups -OCH3 is 1. The second-order valence-electron chi connectivity index (χ2n) is 4.71. The highest BCUT2D eigenvalue weighted by Crippen LogP contribution is 2.16. The molecule has 1 amide bonds. The average molecular weight is 264 g/mol. The van der Waals surface area contributed by atoms with Gasteiger partial charge < -0.3 is 15.4 Å². The van der Waals surface area contributed by atoms with Crippen LogP contribution >= 0.6 is 0 Å². The van der Waals surface area contributed by atoms with E-state index in [1.807, 2.05) is 32.0 Å². The van der Waals surface area contributed by atoms with Crippen LogP contribution in [0.5, 0.6) is 0 Å². The number of ether oxygens (including phenoxy) is 1. The first kappa shape index (κ1) is 15.7. The maximum Gasteiger partial charge on any atom is 0.225 e. The van der Waals surface area contributed by atoms with Gasteiger partial charge in [-0.1, -0.05) is 12.1 Å². The maximum absolute atomic E-state index is 11.8. The molecule has 0 aliphatic heterocycles. The summed E-state index contributed by atoms with van der Waals surface area (Å²) in [7, 11) is 1.69. The molecule has 0 atom stereocenters. The summed E-state index contributed by atoms with van der Waals surface area (Å²) in [4.78, 5) is 11.8. The first-order chi connectivity index (χ1) is 9.13. The largest absolute Gasteiger partial charge is 0.385 e. The number of hydrogen-bond acceptors (Lipinski definition) is 3. The summed E-state index contributed by atoms with van der Waals surface area (Å²) < 4.78 is 4.95. The summed E-state index contributed by atoms with van der Waals surface area (Å²) >= 11 is 0. The van der Waals surface area contributed by atoms with Crippen LogP contribution in [0.3, 0.4) is 0 Å². The summed E-state index contributed by atoms with van der Waals surface area (Å²) in [6.07, 6.45) is 1.45. The second-order valence-corrected chi connectivity index (χ2v) is 4.71. The van der Waals surface area contributed by atoms with Crippen LogP contribution in [0.15, 0.2) is 18.2 Å². The molecule has 0 aromatic heterocycles. The SMILES string of the molecule is COCCCNCCC(=O)Nc1cc(C)ccc1C. The molecule has 0 heterocycles. The third kappa shape index (κ3) is 6.36. The lowest BCUT2D eigenvalue weighted by Gasteiger charge is -2.09. The van der Waals surface area contributed by atoms with Crippen molar-refractivity contribution in [2.24, 2.45) is 0 Å². The predicted molar refractivity (Wildman–Crippen MR) is 78.5 cm³/mol. The van der Waals surface area contributed by atoms with Gasteiger partial charge in [-0.3, -0.25) is 4.79 Å². The van der Waals surface area contributed by atoms with E-state index in [0.29, 0.717) is 13.0 Å². The van der Waals surface area contributed by atoms with Gasteiger partial charge in [-0.05, 0) is 44.0 Å². The Morgan fingerprint density at radius 3 is 2.79 bits per heavy atom. The fourth-order valence-electron chi connectivity index (χ4n) is 1.75. The second kappa shape index (κ2) is 8.67. The van der Waals surface area contributed by atoms with Crippen molar-refractivity contribution in [2.75, 3.05) is 32.1 Å². The van der Waals surface area contributed by atoms with Crippen LogP contribution in [0.25, 0.3) is 0 Å². The molecule has 1 aromatic carbocycles. The van der Waals surface area contributed by atoms with Gasteiger partial charge in [0.25, 0.3) is 0 Å². The Bertz CT molecular complexity index is 405. The van der Waals surface area contributed by atoms with E-state index in [1.54, 1.807) is 7.11 Å². The van der Waals surface area contributed by atoms with Crippen LogP contribution in [0.2, 0.25) is 0 Å². The van der Waals surface area contributed by atoms with Crippen molar-refractivity contribution in [3.05, 3.63) is 29.3 Å². The van der Waals surface area contributed by atoms with Crippen molar-refractivity contribution >= 4 is 11.6 Å². The van der Waals surface area contributed by atoms with Gasteiger partial charge in [0.2, 0.25) is 5.91 Å². The third-order valence-electron chi connectivity index (χ3n) is 2.90. The zero-order valence-electron chi connectivity index (χ0n) is 12.1. The Hall–Kier alpha value is -1.39. The number of amides is 1. The minimum absolute atomic E-state index is 0.0490. The van der Waals surface area contributed by atoms with Gasteiger partial charge in [-0.2, -0.15) is 0 Å². The lowest BCUT2D eigenvalue weighted by atomic mass is 10.1. The number of aryl methyl sites for hydroxylation is 2. The standard InChI is InChI=1S/C15H24N2O2/c1-12-5-6-13(2)14(11-12)17-15(18)7-9-16-8-4-10-19-3/h5-6,11,16H,4,7-10H2,1-3H3,(H,17,18). The van der Waals surface area contributed by atoms with Crippen molar-refractivity contribution in [2.45, 2.75) is 26.7 Å². The van der Waals surface area contributed by atoms with Crippen molar-refractivity contribution < 1.29 is 9.53 Å². The lowest BCUT2D eigenvalue weighted by molar-refractivity contribution is -0.116. The number of anilines is 1. The van der Waals surface area contributed by atoms with Gasteiger partial charge in [0.15, 0.2) is 0 Å². The molecule has 4 heteroatoms. The normalized spacial score (nSPS) is 10.5. The van der Waals surface area contributed by atoms with Crippen LogP contribution in [-0.4, -0.2) is 32.7 Å². The quantitative estimate of drug-likeness (QED) is 0.708. The fourth-order valence-corrected chi connectivity index (χ4v) is 1.75. The molecule has 4 nitrogen and oxygen atoms in total. The van der Waals surface area contributed by atoms with Crippen LogP contribution in [0, 0.1) is 13.8 Å². The van der Waals surface area contributed by atoms with E-state index >= 15 is 0 Å². The molecule has 1 aromatic rings. The van der Waals surface area contributed by atoms with E-state index in [9.17, 15) is 4.79 Å². The third-order valence-corrected chi connectivity index (χ3v) is 2.90. The van der Waals surface area contributed by atoms with Crippen molar-refractivity contribution in [1.29, 1.82) is 0 Å². The Morgan fingerprint density at radius 1 is 1.26 bits per heavy atom. The summed E-state index contributed by atoms with van der Waals surface area (Å²) in [6, 6.07) is 6.07. The van der Waals surface area contributed by atoms with Crippen LogP contribution < -0.4 is 10.6 Å². The highest BCUT2D eigenvalue weighted by molar-refractivity contribution is 5.91. The average Bonchev–Trinajstić information content (AvgIpc) is 2.38. The molecule has 19 heavy (non-hydrogen) atoms. The zero-order valence-corrected chi connectivity index (χ0v) is 12.1. The van der Waals surface area contributed by atoms with E-state index in [-0.39, 0.29) is 5.91 Å². The van der Waals surface area contributed by atoms with Crippen molar-refractivity contribution in [3.8, 4) is 0 Å². The summed E-state index contributed by atoms with van der Waals surface area (Å²) in [5.41, 5.74) is 3.15.